The molecule has 1 atom stereocenters. The Morgan fingerprint density at radius 3 is 2.58 bits per heavy atom. The van der Waals surface area contributed by atoms with E-state index in [-0.39, 0.29) is 23.3 Å². The molecular weight excluding hydrogens is 520 g/mol. The number of fused-ring (bicyclic) bond motifs is 1. The fourth-order valence-corrected chi connectivity index (χ4v) is 7.50. The number of nitrogens with zero attached hydrogens (tertiary/aromatic N) is 4. The van der Waals surface area contributed by atoms with Gasteiger partial charge in [-0.15, -0.1) is 0 Å². The number of rotatable bonds is 6. The van der Waals surface area contributed by atoms with E-state index in [1.807, 2.05) is 30.0 Å². The Kier molecular flexibility index (Phi) is 7.39. The number of sulfonamides is 1. The number of para-hydroxylation sites is 1. The summed E-state index contributed by atoms with van der Waals surface area (Å²) < 4.78 is 34.5. The Labute approximate surface area is 220 Å². The highest BCUT2D eigenvalue weighted by molar-refractivity contribution is 7.89. The average molecular weight is 549 g/mol. The Morgan fingerprint density at radius 2 is 1.86 bits per heavy atom. The standard InChI is InChI=1S/C25H29ClN4O4S2/c1-2-34-21-6-3-7-22-23(21)27-25(35-22)29-15-13-28(14-16-29)24(31)18-5-4-12-30(17-18)36(32,33)20-10-8-19(26)9-11-20/h3,6-11,18H,2,4-5,12-17H2,1H3. The van der Waals surface area contributed by atoms with Crippen LogP contribution in [-0.4, -0.2) is 74.4 Å². The Morgan fingerprint density at radius 1 is 1.11 bits per heavy atom. The summed E-state index contributed by atoms with van der Waals surface area (Å²) in [6, 6.07) is 12.1. The van der Waals surface area contributed by atoms with Crippen LogP contribution in [0.4, 0.5) is 5.13 Å². The number of piperazine rings is 1. The molecule has 1 aromatic heterocycles. The second kappa shape index (κ2) is 10.5. The van der Waals surface area contributed by atoms with E-state index in [1.165, 1.54) is 16.4 Å². The van der Waals surface area contributed by atoms with Gasteiger partial charge in [-0.2, -0.15) is 4.31 Å². The quantitative estimate of drug-likeness (QED) is 0.461. The lowest BCUT2D eigenvalue weighted by Gasteiger charge is -2.38. The van der Waals surface area contributed by atoms with Gasteiger partial charge in [0.15, 0.2) is 5.13 Å². The first kappa shape index (κ1) is 25.3. The fourth-order valence-electron chi connectivity index (χ4n) is 4.81. The van der Waals surface area contributed by atoms with E-state index in [2.05, 4.69) is 4.90 Å². The van der Waals surface area contributed by atoms with Crippen molar-refractivity contribution in [2.75, 3.05) is 50.8 Å². The number of carbonyl (C=O) groups is 1. The molecule has 0 aliphatic carbocycles. The van der Waals surface area contributed by atoms with E-state index in [0.717, 1.165) is 21.1 Å². The van der Waals surface area contributed by atoms with Crippen molar-refractivity contribution in [1.82, 2.24) is 14.2 Å². The number of carbonyl (C=O) groups excluding carboxylic acids is 1. The normalized spacial score (nSPS) is 19.6. The van der Waals surface area contributed by atoms with Crippen LogP contribution >= 0.6 is 22.9 Å². The number of thiazole rings is 1. The van der Waals surface area contributed by atoms with Crippen LogP contribution in [0.5, 0.6) is 5.75 Å². The number of piperidine rings is 1. The molecule has 11 heteroatoms. The number of hydrogen-bond acceptors (Lipinski definition) is 7. The molecule has 36 heavy (non-hydrogen) atoms. The fraction of sp³-hybridized carbons (Fsp3) is 0.440. The number of hydrogen-bond donors (Lipinski definition) is 0. The van der Waals surface area contributed by atoms with Crippen LogP contribution in [-0.2, 0) is 14.8 Å². The zero-order valence-electron chi connectivity index (χ0n) is 20.1. The van der Waals surface area contributed by atoms with Crippen molar-refractivity contribution in [3.63, 3.8) is 0 Å². The molecule has 0 radical (unpaired) electrons. The van der Waals surface area contributed by atoms with Crippen molar-refractivity contribution in [3.05, 3.63) is 47.5 Å². The van der Waals surface area contributed by atoms with Gasteiger partial charge in [-0.3, -0.25) is 4.79 Å². The molecule has 8 nitrogen and oxygen atoms in total. The number of ether oxygens (including phenoxy) is 1. The monoisotopic (exact) mass is 548 g/mol. The van der Waals surface area contributed by atoms with E-state index in [4.69, 9.17) is 21.3 Å². The second-order valence-electron chi connectivity index (χ2n) is 9.00. The second-order valence-corrected chi connectivity index (χ2v) is 12.4. The molecule has 0 saturated carbocycles. The van der Waals surface area contributed by atoms with Crippen molar-refractivity contribution in [2.45, 2.75) is 24.7 Å². The molecule has 2 aliphatic heterocycles. The van der Waals surface area contributed by atoms with Gasteiger partial charge in [0.2, 0.25) is 15.9 Å². The maximum atomic E-state index is 13.3. The van der Waals surface area contributed by atoms with Crippen LogP contribution in [0.3, 0.4) is 0 Å². The van der Waals surface area contributed by atoms with Gasteiger partial charge in [0, 0.05) is 44.3 Å². The molecule has 2 saturated heterocycles. The van der Waals surface area contributed by atoms with Crippen LogP contribution in [0, 0.1) is 5.92 Å². The summed E-state index contributed by atoms with van der Waals surface area (Å²) in [4.78, 5) is 22.5. The lowest BCUT2D eigenvalue weighted by molar-refractivity contribution is -0.137. The third-order valence-corrected chi connectivity index (χ3v) is 9.93. The minimum atomic E-state index is -3.66. The molecule has 3 heterocycles. The highest BCUT2D eigenvalue weighted by atomic mass is 35.5. The van der Waals surface area contributed by atoms with Gasteiger partial charge in [0.25, 0.3) is 0 Å². The van der Waals surface area contributed by atoms with Gasteiger partial charge < -0.3 is 14.5 Å². The summed E-state index contributed by atoms with van der Waals surface area (Å²) in [6.45, 7) is 5.74. The van der Waals surface area contributed by atoms with Gasteiger partial charge in [-0.05, 0) is 56.2 Å². The smallest absolute Gasteiger partial charge is 0.243 e. The summed E-state index contributed by atoms with van der Waals surface area (Å²) in [6.07, 6.45) is 1.36. The molecule has 2 aromatic carbocycles. The average Bonchev–Trinajstić information content (AvgIpc) is 3.34. The highest BCUT2D eigenvalue weighted by Gasteiger charge is 2.36. The van der Waals surface area contributed by atoms with Gasteiger partial charge in [-0.1, -0.05) is 29.0 Å². The van der Waals surface area contributed by atoms with E-state index < -0.39 is 10.0 Å². The Hall–Kier alpha value is -2.40. The van der Waals surface area contributed by atoms with Crippen LogP contribution in [0.1, 0.15) is 19.8 Å². The first-order valence-electron chi connectivity index (χ1n) is 12.2. The van der Waals surface area contributed by atoms with E-state index in [1.54, 1.807) is 23.5 Å². The van der Waals surface area contributed by atoms with Crippen molar-refractivity contribution in [2.24, 2.45) is 5.92 Å². The summed E-state index contributed by atoms with van der Waals surface area (Å²) in [5, 5.41) is 1.42. The van der Waals surface area contributed by atoms with Crippen LogP contribution in [0.15, 0.2) is 47.4 Å². The summed E-state index contributed by atoms with van der Waals surface area (Å²) in [7, 11) is -3.66. The van der Waals surface area contributed by atoms with Gasteiger partial charge in [0.1, 0.15) is 11.3 Å². The van der Waals surface area contributed by atoms with Gasteiger partial charge in [0.05, 0.1) is 22.1 Å². The number of halogens is 1. The third-order valence-electron chi connectivity index (χ3n) is 6.72. The lowest BCUT2D eigenvalue weighted by atomic mass is 9.98. The Bertz CT molecular complexity index is 1340. The van der Waals surface area contributed by atoms with E-state index >= 15 is 0 Å². The molecular formula is C25H29ClN4O4S2. The molecule has 3 aromatic rings. The van der Waals surface area contributed by atoms with Crippen molar-refractivity contribution >= 4 is 54.2 Å². The number of amides is 1. The molecule has 192 valence electrons. The van der Waals surface area contributed by atoms with Crippen molar-refractivity contribution in [3.8, 4) is 5.75 Å². The molecule has 2 fully saturated rings. The van der Waals surface area contributed by atoms with Crippen molar-refractivity contribution in [1.29, 1.82) is 0 Å². The first-order valence-corrected chi connectivity index (χ1v) is 14.8. The van der Waals surface area contributed by atoms with Gasteiger partial charge in [-0.25, -0.2) is 13.4 Å². The maximum absolute atomic E-state index is 13.3. The highest BCUT2D eigenvalue weighted by Crippen LogP contribution is 2.35. The number of anilines is 1. The molecule has 1 amide bonds. The minimum Gasteiger partial charge on any atom is -0.492 e. The van der Waals surface area contributed by atoms with Crippen LogP contribution in [0.2, 0.25) is 5.02 Å². The predicted molar refractivity (Wildman–Crippen MR) is 143 cm³/mol. The molecule has 0 N–H and O–H groups in total. The number of benzene rings is 2. The van der Waals surface area contributed by atoms with Gasteiger partial charge >= 0.3 is 0 Å². The number of aromatic nitrogens is 1. The third kappa shape index (κ3) is 5.04. The minimum absolute atomic E-state index is 0.0357. The van der Waals surface area contributed by atoms with Crippen molar-refractivity contribution < 1.29 is 17.9 Å². The topological polar surface area (TPSA) is 83.0 Å². The summed E-state index contributed by atoms with van der Waals surface area (Å²) in [5.41, 5.74) is 0.877. The summed E-state index contributed by atoms with van der Waals surface area (Å²) in [5.74, 6) is 0.499. The molecule has 2 aliphatic rings. The molecule has 0 bridgehead atoms. The largest absolute Gasteiger partial charge is 0.492 e. The lowest BCUT2D eigenvalue weighted by Crippen LogP contribution is -2.53. The maximum Gasteiger partial charge on any atom is 0.243 e. The SMILES string of the molecule is CCOc1cccc2sc(N3CCN(C(=O)C4CCCN(S(=O)(=O)c5ccc(Cl)cc5)C4)CC3)nc12. The van der Waals surface area contributed by atoms with E-state index in [9.17, 15) is 13.2 Å². The predicted octanol–water partition coefficient (Wildman–Crippen LogP) is 4.10. The Balaban J connectivity index is 1.22. The van der Waals surface area contributed by atoms with E-state index in [0.29, 0.717) is 57.2 Å². The molecule has 5 rings (SSSR count). The van der Waals surface area contributed by atoms with Crippen LogP contribution in [0.25, 0.3) is 10.2 Å². The molecule has 1 unspecified atom stereocenters. The first-order chi connectivity index (χ1) is 17.4. The molecule has 0 spiro atoms. The van der Waals surface area contributed by atoms with Crippen LogP contribution < -0.4 is 9.64 Å². The summed E-state index contributed by atoms with van der Waals surface area (Å²) >= 11 is 7.55. The zero-order chi connectivity index (χ0) is 25.3. The zero-order valence-corrected chi connectivity index (χ0v) is 22.5.